The summed E-state index contributed by atoms with van der Waals surface area (Å²) in [5.74, 6) is 3.64. The number of aryl methyl sites for hydroxylation is 1. The Hall–Kier alpha value is -2.49. The van der Waals surface area contributed by atoms with Gasteiger partial charge in [-0.05, 0) is 49.9 Å². The quantitative estimate of drug-likeness (QED) is 0.555. The number of hydrogen-bond donors (Lipinski definition) is 0. The summed E-state index contributed by atoms with van der Waals surface area (Å²) >= 11 is 0. The van der Waals surface area contributed by atoms with Crippen LogP contribution < -0.4 is 9.47 Å². The molecular weight excluding hydrogens is 312 g/mol. The van der Waals surface area contributed by atoms with Crippen LogP contribution in [-0.2, 0) is 6.54 Å². The number of benzene rings is 2. The molecule has 2 aromatic carbocycles. The minimum absolute atomic E-state index is 0.667. The summed E-state index contributed by atoms with van der Waals surface area (Å²) in [7, 11) is 1.67. The lowest BCUT2D eigenvalue weighted by atomic mass is 10.2. The summed E-state index contributed by atoms with van der Waals surface area (Å²) in [6.07, 6.45) is 4.67. The van der Waals surface area contributed by atoms with Crippen molar-refractivity contribution in [1.29, 1.82) is 0 Å². The Kier molecular flexibility index (Phi) is 4.59. The molecule has 4 heteroatoms. The molecule has 0 N–H and O–H groups in total. The molecule has 130 valence electrons. The van der Waals surface area contributed by atoms with Gasteiger partial charge in [0.2, 0.25) is 0 Å². The first-order valence-electron chi connectivity index (χ1n) is 9.07. The molecule has 1 aliphatic rings. The number of rotatable bonds is 8. The van der Waals surface area contributed by atoms with E-state index in [0.29, 0.717) is 5.92 Å². The average molecular weight is 336 g/mol. The van der Waals surface area contributed by atoms with E-state index in [2.05, 4.69) is 28.8 Å². The molecule has 0 spiro atoms. The first kappa shape index (κ1) is 16.0. The van der Waals surface area contributed by atoms with Crippen molar-refractivity contribution in [3.05, 3.63) is 54.4 Å². The monoisotopic (exact) mass is 336 g/mol. The number of methoxy groups -OCH3 is 1. The molecule has 0 atom stereocenters. The van der Waals surface area contributed by atoms with Gasteiger partial charge in [0.1, 0.15) is 17.3 Å². The van der Waals surface area contributed by atoms with Crippen LogP contribution in [0.3, 0.4) is 0 Å². The minimum Gasteiger partial charge on any atom is -0.497 e. The molecule has 4 rings (SSSR count). The van der Waals surface area contributed by atoms with Gasteiger partial charge >= 0.3 is 0 Å². The molecule has 0 radical (unpaired) electrons. The maximum atomic E-state index is 5.84. The molecule has 1 aliphatic carbocycles. The summed E-state index contributed by atoms with van der Waals surface area (Å²) < 4.78 is 13.5. The smallest absolute Gasteiger partial charge is 0.122 e. The van der Waals surface area contributed by atoms with E-state index in [0.717, 1.165) is 43.0 Å². The van der Waals surface area contributed by atoms with Crippen LogP contribution in [0.5, 0.6) is 11.5 Å². The van der Waals surface area contributed by atoms with Gasteiger partial charge < -0.3 is 14.0 Å². The summed E-state index contributed by atoms with van der Waals surface area (Å²) in [6, 6.07) is 16.2. The lowest BCUT2D eigenvalue weighted by molar-refractivity contribution is 0.301. The first-order valence-corrected chi connectivity index (χ1v) is 9.07. The summed E-state index contributed by atoms with van der Waals surface area (Å²) in [4.78, 5) is 4.86. The van der Waals surface area contributed by atoms with E-state index in [1.54, 1.807) is 7.11 Å². The van der Waals surface area contributed by atoms with Crippen LogP contribution in [0, 0.1) is 0 Å². The second-order valence-electron chi connectivity index (χ2n) is 6.62. The van der Waals surface area contributed by atoms with Gasteiger partial charge in [-0.2, -0.15) is 0 Å². The molecule has 1 saturated carbocycles. The first-order chi connectivity index (χ1) is 12.3. The molecule has 0 amide bonds. The van der Waals surface area contributed by atoms with Gasteiger partial charge in [0, 0.05) is 18.5 Å². The number of unbranched alkanes of at least 4 members (excludes halogenated alkanes) is 1. The van der Waals surface area contributed by atoms with E-state index in [4.69, 9.17) is 14.5 Å². The van der Waals surface area contributed by atoms with Crippen molar-refractivity contribution in [2.45, 2.75) is 38.1 Å². The van der Waals surface area contributed by atoms with Crippen LogP contribution in [0.15, 0.2) is 48.5 Å². The SMILES string of the molecule is COc1cccc(OCCCCn2c(C3CC3)nc3ccccc32)c1. The van der Waals surface area contributed by atoms with Crippen LogP contribution in [0.25, 0.3) is 11.0 Å². The van der Waals surface area contributed by atoms with Gasteiger partial charge in [0.15, 0.2) is 0 Å². The molecule has 0 aliphatic heterocycles. The normalized spacial score (nSPS) is 14.0. The molecule has 0 unspecified atom stereocenters. The Morgan fingerprint density at radius 3 is 2.72 bits per heavy atom. The lowest BCUT2D eigenvalue weighted by Crippen LogP contribution is -2.05. The van der Waals surface area contributed by atoms with Crippen molar-refractivity contribution in [3.8, 4) is 11.5 Å². The summed E-state index contributed by atoms with van der Waals surface area (Å²) in [5, 5.41) is 0. The van der Waals surface area contributed by atoms with Gasteiger partial charge in [-0.3, -0.25) is 0 Å². The highest BCUT2D eigenvalue weighted by Gasteiger charge is 2.29. The third-order valence-corrected chi connectivity index (χ3v) is 4.71. The molecule has 1 aromatic heterocycles. The van der Waals surface area contributed by atoms with Crippen molar-refractivity contribution < 1.29 is 9.47 Å². The number of ether oxygens (including phenoxy) is 2. The van der Waals surface area contributed by atoms with Crippen LogP contribution in [0.4, 0.5) is 0 Å². The topological polar surface area (TPSA) is 36.3 Å². The number of fused-ring (bicyclic) bond motifs is 1. The van der Waals surface area contributed by atoms with Crippen molar-refractivity contribution >= 4 is 11.0 Å². The largest absolute Gasteiger partial charge is 0.497 e. The van der Waals surface area contributed by atoms with E-state index in [1.807, 2.05) is 24.3 Å². The fourth-order valence-electron chi connectivity index (χ4n) is 3.24. The van der Waals surface area contributed by atoms with Gasteiger partial charge in [-0.15, -0.1) is 0 Å². The number of aromatic nitrogens is 2. The van der Waals surface area contributed by atoms with Crippen molar-refractivity contribution in [3.63, 3.8) is 0 Å². The maximum Gasteiger partial charge on any atom is 0.122 e. The van der Waals surface area contributed by atoms with E-state index in [-0.39, 0.29) is 0 Å². The van der Waals surface area contributed by atoms with Crippen molar-refractivity contribution in [2.75, 3.05) is 13.7 Å². The second kappa shape index (κ2) is 7.18. The predicted octanol–water partition coefficient (Wildman–Crippen LogP) is 4.78. The Bertz CT molecular complexity index is 852. The average Bonchev–Trinajstić information content (AvgIpc) is 3.43. The lowest BCUT2D eigenvalue weighted by Gasteiger charge is -2.10. The summed E-state index contributed by atoms with van der Waals surface area (Å²) in [6.45, 7) is 1.73. The number of imidazole rings is 1. The minimum atomic E-state index is 0.667. The van der Waals surface area contributed by atoms with Crippen molar-refractivity contribution in [2.24, 2.45) is 0 Å². The Morgan fingerprint density at radius 2 is 1.88 bits per heavy atom. The Morgan fingerprint density at radius 1 is 1.04 bits per heavy atom. The number of nitrogens with zero attached hydrogens (tertiary/aromatic N) is 2. The Balaban J connectivity index is 1.34. The van der Waals surface area contributed by atoms with Crippen LogP contribution in [0.1, 0.15) is 37.4 Å². The second-order valence-corrected chi connectivity index (χ2v) is 6.62. The molecule has 0 bridgehead atoms. The van der Waals surface area contributed by atoms with Crippen molar-refractivity contribution in [1.82, 2.24) is 9.55 Å². The Labute approximate surface area is 148 Å². The van der Waals surface area contributed by atoms with Crippen LogP contribution in [0.2, 0.25) is 0 Å². The van der Waals surface area contributed by atoms with Gasteiger partial charge in [-0.25, -0.2) is 4.98 Å². The molecule has 4 nitrogen and oxygen atoms in total. The van der Waals surface area contributed by atoms with E-state index in [9.17, 15) is 0 Å². The maximum absolute atomic E-state index is 5.84. The number of para-hydroxylation sites is 2. The predicted molar refractivity (Wildman–Crippen MR) is 99.4 cm³/mol. The molecule has 0 saturated heterocycles. The molecular formula is C21H24N2O2. The highest BCUT2D eigenvalue weighted by Crippen LogP contribution is 2.40. The van der Waals surface area contributed by atoms with Gasteiger partial charge in [0.05, 0.1) is 24.8 Å². The van der Waals surface area contributed by atoms with Gasteiger partial charge in [0.25, 0.3) is 0 Å². The van der Waals surface area contributed by atoms with E-state index < -0.39 is 0 Å². The highest BCUT2D eigenvalue weighted by molar-refractivity contribution is 5.76. The third kappa shape index (κ3) is 3.63. The van der Waals surface area contributed by atoms with E-state index in [1.165, 1.54) is 24.2 Å². The molecule has 1 heterocycles. The molecule has 3 aromatic rings. The van der Waals surface area contributed by atoms with Gasteiger partial charge in [-0.1, -0.05) is 18.2 Å². The van der Waals surface area contributed by atoms with Crippen LogP contribution >= 0.6 is 0 Å². The fourth-order valence-corrected chi connectivity index (χ4v) is 3.24. The zero-order chi connectivity index (χ0) is 17.1. The zero-order valence-corrected chi connectivity index (χ0v) is 14.6. The standard InChI is InChI=1S/C21H24N2O2/c1-24-17-7-6-8-18(15-17)25-14-5-4-13-23-20-10-3-2-9-19(20)22-21(23)16-11-12-16/h2-3,6-10,15-16H,4-5,11-14H2,1H3. The zero-order valence-electron chi connectivity index (χ0n) is 14.6. The van der Waals surface area contributed by atoms with E-state index >= 15 is 0 Å². The molecule has 1 fully saturated rings. The highest BCUT2D eigenvalue weighted by atomic mass is 16.5. The third-order valence-electron chi connectivity index (χ3n) is 4.71. The fraction of sp³-hybridized carbons (Fsp3) is 0.381. The van der Waals surface area contributed by atoms with Crippen LogP contribution in [-0.4, -0.2) is 23.3 Å². The molecule has 25 heavy (non-hydrogen) atoms. The summed E-state index contributed by atoms with van der Waals surface area (Å²) in [5.41, 5.74) is 2.38. The number of hydrogen-bond acceptors (Lipinski definition) is 3.